The minimum Gasteiger partial charge on any atom is -0.496 e. The molecule has 1 saturated carbocycles. The molecule has 0 spiro atoms. The van der Waals surface area contributed by atoms with Crippen LogP contribution < -0.4 is 10.1 Å². The molecular weight excluding hydrogens is 384 g/mol. The average molecular weight is 404 g/mol. The minimum atomic E-state index is -0.119. The van der Waals surface area contributed by atoms with Crippen molar-refractivity contribution in [3.63, 3.8) is 0 Å². The first-order chi connectivity index (χ1) is 14.7. The molecule has 0 bridgehead atoms. The first-order valence-corrected chi connectivity index (χ1v) is 9.77. The second-order valence-corrected chi connectivity index (χ2v) is 7.26. The predicted octanol–water partition coefficient (Wildman–Crippen LogP) is 2.52. The maximum Gasteiger partial charge on any atom is 0.258 e. The monoisotopic (exact) mass is 404 g/mol. The predicted molar refractivity (Wildman–Crippen MR) is 107 cm³/mol. The molecule has 3 heterocycles. The van der Waals surface area contributed by atoms with Crippen molar-refractivity contribution in [3.05, 3.63) is 59.8 Å². The van der Waals surface area contributed by atoms with E-state index in [2.05, 4.69) is 25.7 Å². The Bertz CT molecular complexity index is 1210. The number of fused-ring (bicyclic) bond motifs is 1. The lowest BCUT2D eigenvalue weighted by molar-refractivity contribution is -0.120. The molecule has 5 rings (SSSR count). The lowest BCUT2D eigenvalue weighted by atomic mass is 10.1. The van der Waals surface area contributed by atoms with E-state index in [1.54, 1.807) is 7.11 Å². The van der Waals surface area contributed by atoms with Crippen LogP contribution in [0.1, 0.15) is 36.0 Å². The molecule has 4 aromatic rings. The molecule has 0 atom stereocenters. The Morgan fingerprint density at radius 3 is 2.97 bits per heavy atom. The van der Waals surface area contributed by atoms with Gasteiger partial charge >= 0.3 is 0 Å². The quantitative estimate of drug-likeness (QED) is 0.504. The standard InChI is InChI=1S/C21H20N6O3/c1-29-16-5-3-2-4-14(16)11-19(28)22-12-18-25-24-17-10-15(8-9-27(17)18)21-23-20(26-30-21)13-6-7-13/h2-5,8-10,13H,6-7,11-12H2,1H3,(H,22,28). The summed E-state index contributed by atoms with van der Waals surface area (Å²) in [7, 11) is 1.59. The second-order valence-electron chi connectivity index (χ2n) is 7.26. The van der Waals surface area contributed by atoms with Crippen LogP contribution in [0, 0.1) is 0 Å². The van der Waals surface area contributed by atoms with Crippen molar-refractivity contribution >= 4 is 11.6 Å². The smallest absolute Gasteiger partial charge is 0.258 e. The number of amides is 1. The van der Waals surface area contributed by atoms with Gasteiger partial charge in [-0.3, -0.25) is 9.20 Å². The van der Waals surface area contributed by atoms with E-state index < -0.39 is 0 Å². The fourth-order valence-electron chi connectivity index (χ4n) is 3.32. The maximum atomic E-state index is 12.4. The summed E-state index contributed by atoms with van der Waals surface area (Å²) in [5.41, 5.74) is 2.27. The summed E-state index contributed by atoms with van der Waals surface area (Å²) in [6.45, 7) is 0.265. The number of nitrogens with one attached hydrogen (secondary N) is 1. The van der Waals surface area contributed by atoms with Gasteiger partial charge in [-0.2, -0.15) is 4.98 Å². The molecule has 0 aliphatic heterocycles. The third kappa shape index (κ3) is 3.61. The number of hydrogen-bond acceptors (Lipinski definition) is 7. The van der Waals surface area contributed by atoms with Gasteiger partial charge in [0.1, 0.15) is 5.75 Å². The number of nitrogens with zero attached hydrogens (tertiary/aromatic N) is 5. The summed E-state index contributed by atoms with van der Waals surface area (Å²) in [5, 5.41) is 15.3. The van der Waals surface area contributed by atoms with E-state index in [1.807, 2.05) is 47.0 Å². The summed E-state index contributed by atoms with van der Waals surface area (Å²) < 4.78 is 12.5. The molecule has 0 unspecified atom stereocenters. The zero-order valence-corrected chi connectivity index (χ0v) is 16.4. The van der Waals surface area contributed by atoms with Gasteiger partial charge in [-0.1, -0.05) is 23.4 Å². The molecule has 0 saturated heterocycles. The van der Waals surface area contributed by atoms with Crippen LogP contribution in [0.4, 0.5) is 0 Å². The number of carbonyl (C=O) groups excluding carboxylic acids is 1. The van der Waals surface area contributed by atoms with Crippen molar-refractivity contribution in [2.75, 3.05) is 7.11 Å². The molecule has 1 aromatic carbocycles. The summed E-state index contributed by atoms with van der Waals surface area (Å²) in [6.07, 6.45) is 4.31. The van der Waals surface area contributed by atoms with Crippen LogP contribution in [0.2, 0.25) is 0 Å². The van der Waals surface area contributed by atoms with Gasteiger partial charge in [-0.25, -0.2) is 0 Å². The number of benzene rings is 1. The van der Waals surface area contributed by atoms with Crippen molar-refractivity contribution in [3.8, 4) is 17.2 Å². The highest BCUT2D eigenvalue weighted by molar-refractivity contribution is 5.79. The molecule has 30 heavy (non-hydrogen) atoms. The van der Waals surface area contributed by atoms with E-state index in [1.165, 1.54) is 0 Å². The molecule has 1 aliphatic carbocycles. The molecule has 9 nitrogen and oxygen atoms in total. The van der Waals surface area contributed by atoms with E-state index >= 15 is 0 Å². The number of carbonyl (C=O) groups is 1. The van der Waals surface area contributed by atoms with Crippen LogP contribution in [0.15, 0.2) is 47.1 Å². The Morgan fingerprint density at radius 1 is 1.27 bits per heavy atom. The molecule has 1 aliphatic rings. The fraction of sp³-hybridized carbons (Fsp3) is 0.286. The van der Waals surface area contributed by atoms with Crippen LogP contribution >= 0.6 is 0 Å². The van der Waals surface area contributed by atoms with Gasteiger partial charge in [0, 0.05) is 23.2 Å². The van der Waals surface area contributed by atoms with Crippen LogP contribution in [0.25, 0.3) is 17.1 Å². The highest BCUT2D eigenvalue weighted by Crippen LogP contribution is 2.38. The number of ether oxygens (including phenoxy) is 1. The van der Waals surface area contributed by atoms with Gasteiger partial charge in [-0.05, 0) is 31.0 Å². The van der Waals surface area contributed by atoms with Crippen molar-refractivity contribution in [2.45, 2.75) is 31.7 Å². The van der Waals surface area contributed by atoms with E-state index in [4.69, 9.17) is 9.26 Å². The summed E-state index contributed by atoms with van der Waals surface area (Å²) in [5.74, 6) is 2.89. The molecule has 0 radical (unpaired) electrons. The number of pyridine rings is 1. The van der Waals surface area contributed by atoms with Gasteiger partial charge < -0.3 is 14.6 Å². The van der Waals surface area contributed by atoms with Crippen LogP contribution in [-0.4, -0.2) is 37.8 Å². The normalized spacial score (nSPS) is 13.5. The van der Waals surface area contributed by atoms with Crippen LogP contribution in [-0.2, 0) is 17.8 Å². The highest BCUT2D eigenvalue weighted by Gasteiger charge is 2.29. The zero-order chi connectivity index (χ0) is 20.5. The number of hydrogen-bond donors (Lipinski definition) is 1. The second kappa shape index (κ2) is 7.58. The van der Waals surface area contributed by atoms with Crippen LogP contribution in [0.3, 0.4) is 0 Å². The fourth-order valence-corrected chi connectivity index (χ4v) is 3.32. The topological polar surface area (TPSA) is 107 Å². The Balaban J connectivity index is 1.27. The van der Waals surface area contributed by atoms with E-state index in [0.717, 1.165) is 29.8 Å². The largest absolute Gasteiger partial charge is 0.496 e. The average Bonchev–Trinajstić information content (AvgIpc) is 3.36. The molecule has 1 N–H and O–H groups in total. The van der Waals surface area contributed by atoms with Gasteiger partial charge in [-0.15, -0.1) is 10.2 Å². The molecule has 3 aromatic heterocycles. The van der Waals surface area contributed by atoms with Crippen LogP contribution in [0.5, 0.6) is 5.75 Å². The Morgan fingerprint density at radius 2 is 2.13 bits per heavy atom. The maximum absolute atomic E-state index is 12.4. The van der Waals surface area contributed by atoms with Gasteiger partial charge in [0.25, 0.3) is 5.89 Å². The van der Waals surface area contributed by atoms with Crippen molar-refractivity contribution in [2.24, 2.45) is 0 Å². The van der Waals surface area contributed by atoms with E-state index in [-0.39, 0.29) is 18.9 Å². The summed E-state index contributed by atoms with van der Waals surface area (Å²) in [4.78, 5) is 16.8. The summed E-state index contributed by atoms with van der Waals surface area (Å²) in [6, 6.07) is 11.2. The van der Waals surface area contributed by atoms with Gasteiger partial charge in [0.05, 0.1) is 20.1 Å². The molecular formula is C21H20N6O3. The molecule has 1 fully saturated rings. The molecule has 9 heteroatoms. The first kappa shape index (κ1) is 18.3. The zero-order valence-electron chi connectivity index (χ0n) is 16.4. The first-order valence-electron chi connectivity index (χ1n) is 9.77. The summed E-state index contributed by atoms with van der Waals surface area (Å²) >= 11 is 0. The third-order valence-electron chi connectivity index (χ3n) is 5.10. The van der Waals surface area contributed by atoms with E-state index in [9.17, 15) is 4.79 Å². The SMILES string of the molecule is COc1ccccc1CC(=O)NCc1nnc2cc(-c3nc(C4CC4)no3)ccn12. The Labute approximate surface area is 172 Å². The number of rotatable bonds is 7. The third-order valence-corrected chi connectivity index (χ3v) is 5.10. The highest BCUT2D eigenvalue weighted by atomic mass is 16.5. The Hall–Kier alpha value is -3.75. The van der Waals surface area contributed by atoms with Crippen molar-refractivity contribution in [1.29, 1.82) is 0 Å². The van der Waals surface area contributed by atoms with Crippen molar-refractivity contribution < 1.29 is 14.1 Å². The minimum absolute atomic E-state index is 0.119. The molecule has 152 valence electrons. The lowest BCUT2D eigenvalue weighted by Gasteiger charge is -2.08. The number of para-hydroxylation sites is 1. The van der Waals surface area contributed by atoms with Gasteiger partial charge in [0.15, 0.2) is 17.3 Å². The lowest BCUT2D eigenvalue weighted by Crippen LogP contribution is -2.25. The van der Waals surface area contributed by atoms with Crippen molar-refractivity contribution in [1.82, 2.24) is 30.1 Å². The molecule has 1 amide bonds. The number of methoxy groups -OCH3 is 1. The number of aromatic nitrogens is 5. The van der Waals surface area contributed by atoms with E-state index in [0.29, 0.717) is 29.0 Å². The Kier molecular flexibility index (Phi) is 4.62. The van der Waals surface area contributed by atoms with Gasteiger partial charge in [0.2, 0.25) is 5.91 Å².